The van der Waals surface area contributed by atoms with Crippen LogP contribution in [0.15, 0.2) is 0 Å². The first-order valence-electron chi connectivity index (χ1n) is 8.48. The molecule has 1 N–H and O–H groups in total. The first-order valence-corrected chi connectivity index (χ1v) is 8.48. The van der Waals surface area contributed by atoms with E-state index in [1.807, 2.05) is 13.8 Å². The number of nitrogens with one attached hydrogen (secondary N) is 1. The average Bonchev–Trinajstić information content (AvgIpc) is 2.44. The number of hydrogen-bond acceptors (Lipinski definition) is 4. The largest absolute Gasteiger partial charge is 0.468 e. The predicted molar refractivity (Wildman–Crippen MR) is 89.6 cm³/mol. The van der Waals surface area contributed by atoms with Gasteiger partial charge in [-0.2, -0.15) is 0 Å². The molecule has 1 atom stereocenters. The van der Waals surface area contributed by atoms with Gasteiger partial charge in [0.25, 0.3) is 0 Å². The summed E-state index contributed by atoms with van der Waals surface area (Å²) >= 11 is 0. The Labute approximate surface area is 131 Å². The molecule has 126 valence electrons. The quantitative estimate of drug-likeness (QED) is 0.444. The lowest BCUT2D eigenvalue weighted by atomic mass is 9.95. The molecule has 0 aliphatic carbocycles. The molecule has 0 aromatic carbocycles. The summed E-state index contributed by atoms with van der Waals surface area (Å²) in [6.07, 6.45) is 5.62. The van der Waals surface area contributed by atoms with E-state index in [1.165, 1.54) is 26.4 Å². The van der Waals surface area contributed by atoms with Gasteiger partial charge in [0.2, 0.25) is 0 Å². The third-order valence-corrected chi connectivity index (χ3v) is 4.10. The van der Waals surface area contributed by atoms with Gasteiger partial charge in [-0.25, -0.2) is 0 Å². The summed E-state index contributed by atoms with van der Waals surface area (Å²) in [5.41, 5.74) is -0.560. The minimum atomic E-state index is -0.560. The molecule has 0 aromatic heterocycles. The van der Waals surface area contributed by atoms with E-state index in [-0.39, 0.29) is 5.97 Å². The van der Waals surface area contributed by atoms with E-state index >= 15 is 0 Å². The summed E-state index contributed by atoms with van der Waals surface area (Å²) in [4.78, 5) is 14.5. The van der Waals surface area contributed by atoms with Crippen molar-refractivity contribution in [2.75, 3.05) is 26.7 Å². The van der Waals surface area contributed by atoms with Gasteiger partial charge in [0, 0.05) is 6.04 Å². The molecule has 0 radical (unpaired) electrons. The Balaban J connectivity index is 4.34. The van der Waals surface area contributed by atoms with Gasteiger partial charge in [0.05, 0.1) is 7.11 Å². The molecule has 0 spiro atoms. The molecule has 0 amide bonds. The zero-order valence-electron chi connectivity index (χ0n) is 15.0. The maximum absolute atomic E-state index is 11.9. The topological polar surface area (TPSA) is 41.6 Å². The molecule has 0 aliphatic rings. The molecule has 0 saturated carbocycles. The first-order chi connectivity index (χ1) is 9.91. The molecule has 0 bridgehead atoms. The average molecular weight is 300 g/mol. The number of unbranched alkanes of at least 4 members (excludes halogenated alkanes) is 2. The van der Waals surface area contributed by atoms with Crippen LogP contribution in [0.1, 0.15) is 66.7 Å². The maximum Gasteiger partial charge on any atom is 0.325 e. The van der Waals surface area contributed by atoms with Gasteiger partial charge in [-0.3, -0.25) is 4.79 Å². The minimum Gasteiger partial charge on any atom is -0.468 e. The molecule has 4 heteroatoms. The van der Waals surface area contributed by atoms with Crippen molar-refractivity contribution < 1.29 is 9.53 Å². The number of rotatable bonds is 12. The van der Waals surface area contributed by atoms with Crippen molar-refractivity contribution in [1.82, 2.24) is 10.2 Å². The van der Waals surface area contributed by atoms with Crippen molar-refractivity contribution in [2.45, 2.75) is 78.3 Å². The highest BCUT2D eigenvalue weighted by Crippen LogP contribution is 2.16. The number of methoxy groups -OCH3 is 1. The van der Waals surface area contributed by atoms with Crippen molar-refractivity contribution in [2.24, 2.45) is 0 Å². The van der Waals surface area contributed by atoms with Gasteiger partial charge in [-0.15, -0.1) is 0 Å². The molecule has 4 nitrogen and oxygen atoms in total. The van der Waals surface area contributed by atoms with E-state index in [0.29, 0.717) is 6.04 Å². The molecule has 0 aliphatic heterocycles. The molecular weight excluding hydrogens is 264 g/mol. The monoisotopic (exact) mass is 300 g/mol. The van der Waals surface area contributed by atoms with Crippen molar-refractivity contribution in [3.8, 4) is 0 Å². The summed E-state index contributed by atoms with van der Waals surface area (Å²) in [5.74, 6) is -0.161. The van der Waals surface area contributed by atoms with Crippen LogP contribution in [0.4, 0.5) is 0 Å². The second-order valence-corrected chi connectivity index (χ2v) is 6.29. The summed E-state index contributed by atoms with van der Waals surface area (Å²) < 4.78 is 4.94. The van der Waals surface area contributed by atoms with Crippen LogP contribution in [-0.2, 0) is 9.53 Å². The van der Waals surface area contributed by atoms with Crippen molar-refractivity contribution in [3.63, 3.8) is 0 Å². The Bertz CT molecular complexity index is 282. The van der Waals surface area contributed by atoms with Gasteiger partial charge in [0.15, 0.2) is 0 Å². The van der Waals surface area contributed by atoms with Crippen molar-refractivity contribution >= 4 is 5.97 Å². The zero-order valence-corrected chi connectivity index (χ0v) is 15.0. The maximum atomic E-state index is 11.9. The van der Waals surface area contributed by atoms with Gasteiger partial charge >= 0.3 is 5.97 Å². The Kier molecular flexibility index (Phi) is 10.7. The second-order valence-electron chi connectivity index (χ2n) is 6.29. The third kappa shape index (κ3) is 7.82. The summed E-state index contributed by atoms with van der Waals surface area (Å²) in [6, 6.07) is 0.561. The molecular formula is C17H36N2O2. The van der Waals surface area contributed by atoms with Crippen LogP contribution in [0.25, 0.3) is 0 Å². The molecule has 0 heterocycles. The lowest BCUT2D eigenvalue weighted by Crippen LogP contribution is -2.50. The third-order valence-electron chi connectivity index (χ3n) is 4.10. The van der Waals surface area contributed by atoms with Gasteiger partial charge in [-0.1, -0.05) is 26.7 Å². The standard InChI is InChI=1S/C17H36N2O2/c1-7-9-10-13-19(15(3)4)14-11-12-17(5,18-8-2)16(20)21-6/h15,18H,7-14H2,1-6H3. The van der Waals surface area contributed by atoms with E-state index < -0.39 is 5.54 Å². The highest BCUT2D eigenvalue weighted by Gasteiger charge is 2.32. The van der Waals surface area contributed by atoms with Crippen LogP contribution in [-0.4, -0.2) is 49.2 Å². The van der Waals surface area contributed by atoms with Crippen LogP contribution in [0, 0.1) is 0 Å². The normalized spacial score (nSPS) is 14.5. The Hall–Kier alpha value is -0.610. The molecule has 0 fully saturated rings. The van der Waals surface area contributed by atoms with Gasteiger partial charge < -0.3 is 15.0 Å². The Morgan fingerprint density at radius 3 is 2.29 bits per heavy atom. The lowest BCUT2D eigenvalue weighted by Gasteiger charge is -2.30. The number of hydrogen-bond donors (Lipinski definition) is 1. The number of carbonyl (C=O) groups excluding carboxylic acids is 1. The van der Waals surface area contributed by atoms with Crippen LogP contribution in [0.5, 0.6) is 0 Å². The number of esters is 1. The number of carbonyl (C=O) groups is 1. The summed E-state index contributed by atoms with van der Waals surface area (Å²) in [7, 11) is 1.46. The number of likely N-dealkylation sites (N-methyl/N-ethyl adjacent to an activating group) is 1. The zero-order chi connectivity index (χ0) is 16.3. The van der Waals surface area contributed by atoms with Crippen LogP contribution >= 0.6 is 0 Å². The van der Waals surface area contributed by atoms with Gasteiger partial charge in [0.1, 0.15) is 5.54 Å². The lowest BCUT2D eigenvalue weighted by molar-refractivity contribution is -0.148. The molecule has 0 saturated heterocycles. The van der Waals surface area contributed by atoms with Crippen molar-refractivity contribution in [3.05, 3.63) is 0 Å². The fraction of sp³-hybridized carbons (Fsp3) is 0.941. The van der Waals surface area contributed by atoms with Gasteiger partial charge in [-0.05, 0) is 59.7 Å². The SMILES string of the molecule is CCCCCN(CCCC(C)(NCC)C(=O)OC)C(C)C. The van der Waals surface area contributed by atoms with E-state index in [4.69, 9.17) is 4.74 Å². The van der Waals surface area contributed by atoms with E-state index in [0.717, 1.165) is 32.5 Å². The number of nitrogens with zero attached hydrogens (tertiary/aromatic N) is 1. The Morgan fingerprint density at radius 2 is 1.81 bits per heavy atom. The smallest absolute Gasteiger partial charge is 0.325 e. The van der Waals surface area contributed by atoms with E-state index in [2.05, 4.69) is 31.0 Å². The van der Waals surface area contributed by atoms with Crippen LogP contribution in [0.3, 0.4) is 0 Å². The number of ether oxygens (including phenoxy) is 1. The molecule has 1 unspecified atom stereocenters. The highest BCUT2D eigenvalue weighted by atomic mass is 16.5. The van der Waals surface area contributed by atoms with E-state index in [9.17, 15) is 4.79 Å². The predicted octanol–water partition coefficient (Wildman–Crippen LogP) is 3.21. The van der Waals surface area contributed by atoms with Crippen LogP contribution in [0.2, 0.25) is 0 Å². The highest BCUT2D eigenvalue weighted by molar-refractivity contribution is 5.80. The first kappa shape index (κ1) is 20.4. The summed E-state index contributed by atoms with van der Waals surface area (Å²) in [5, 5.41) is 3.27. The second kappa shape index (κ2) is 11.0. The Morgan fingerprint density at radius 1 is 1.19 bits per heavy atom. The molecule has 0 rings (SSSR count). The van der Waals surface area contributed by atoms with Crippen molar-refractivity contribution in [1.29, 1.82) is 0 Å². The fourth-order valence-electron chi connectivity index (χ4n) is 2.71. The van der Waals surface area contributed by atoms with Crippen LogP contribution < -0.4 is 5.32 Å². The minimum absolute atomic E-state index is 0.161. The fourth-order valence-corrected chi connectivity index (χ4v) is 2.71. The van der Waals surface area contributed by atoms with E-state index in [1.54, 1.807) is 0 Å². The summed E-state index contributed by atoms with van der Waals surface area (Å²) in [6.45, 7) is 13.7. The molecule has 21 heavy (non-hydrogen) atoms. The molecule has 0 aromatic rings.